The van der Waals surface area contributed by atoms with Crippen LogP contribution in [0, 0.1) is 6.92 Å². The number of aryl methyl sites for hydroxylation is 1. The lowest BCUT2D eigenvalue weighted by Gasteiger charge is -2.29. The van der Waals surface area contributed by atoms with Crippen molar-refractivity contribution < 1.29 is 9.13 Å². The van der Waals surface area contributed by atoms with Crippen molar-refractivity contribution in [3.63, 3.8) is 0 Å². The van der Waals surface area contributed by atoms with Gasteiger partial charge < -0.3 is 15.0 Å². The third kappa shape index (κ3) is 4.12. The molecule has 3 heterocycles. The quantitative estimate of drug-likeness (QED) is 0.881. The average Bonchev–Trinajstić information content (AvgIpc) is 3.11. The van der Waals surface area contributed by atoms with Gasteiger partial charge >= 0.3 is 0 Å². The highest BCUT2D eigenvalue weighted by Gasteiger charge is 2.22. The Hall–Kier alpha value is -1.80. The molecule has 26 heavy (non-hydrogen) atoms. The molecule has 0 spiro atoms. The van der Waals surface area contributed by atoms with E-state index in [9.17, 15) is 4.39 Å². The molecule has 0 radical (unpaired) electrons. The van der Waals surface area contributed by atoms with Gasteiger partial charge in [0.2, 0.25) is 0 Å². The van der Waals surface area contributed by atoms with Crippen molar-refractivity contribution in [1.82, 2.24) is 15.0 Å². The number of aromatic nitrogens is 3. The summed E-state index contributed by atoms with van der Waals surface area (Å²) < 4.78 is 18.9. The number of nitrogens with zero attached hydrogens (tertiary/aromatic N) is 4. The highest BCUT2D eigenvalue weighted by Crippen LogP contribution is 2.28. The first kappa shape index (κ1) is 17.6. The standard InChI is InChI=1S/C18H24FN5OS/c1-12-11-26-18(20-12)17-22-15(21-14-4-2-13(19)3-5-14)10-16(23-17)24-6-8-25-9-7-24/h10-11,13-14H,2-9H2,1H3,(H,21,22,23). The number of rotatable bonds is 4. The Labute approximate surface area is 156 Å². The van der Waals surface area contributed by atoms with E-state index in [1.165, 1.54) is 0 Å². The van der Waals surface area contributed by atoms with Crippen molar-refractivity contribution in [2.75, 3.05) is 36.5 Å². The summed E-state index contributed by atoms with van der Waals surface area (Å²) in [6, 6.07) is 2.26. The van der Waals surface area contributed by atoms with Crippen molar-refractivity contribution in [1.29, 1.82) is 0 Å². The molecule has 2 aliphatic rings. The van der Waals surface area contributed by atoms with Gasteiger partial charge in [0.05, 0.1) is 13.2 Å². The molecule has 1 saturated heterocycles. The number of thiazole rings is 1. The summed E-state index contributed by atoms with van der Waals surface area (Å²) in [5, 5.41) is 6.34. The predicted molar refractivity (Wildman–Crippen MR) is 102 cm³/mol. The van der Waals surface area contributed by atoms with Crippen LogP contribution in [-0.2, 0) is 4.74 Å². The second-order valence-electron chi connectivity index (χ2n) is 6.92. The van der Waals surface area contributed by atoms with Crippen LogP contribution in [0.15, 0.2) is 11.4 Å². The monoisotopic (exact) mass is 377 g/mol. The summed E-state index contributed by atoms with van der Waals surface area (Å²) in [7, 11) is 0. The normalized spacial score (nSPS) is 23.8. The van der Waals surface area contributed by atoms with Crippen LogP contribution in [0.25, 0.3) is 10.8 Å². The summed E-state index contributed by atoms with van der Waals surface area (Å²) in [6.45, 7) is 5.03. The second-order valence-corrected chi connectivity index (χ2v) is 7.78. The number of hydrogen-bond donors (Lipinski definition) is 1. The first-order chi connectivity index (χ1) is 12.7. The molecule has 0 bridgehead atoms. The highest BCUT2D eigenvalue weighted by molar-refractivity contribution is 7.13. The molecule has 1 N–H and O–H groups in total. The fraction of sp³-hybridized carbons (Fsp3) is 0.611. The van der Waals surface area contributed by atoms with Crippen LogP contribution < -0.4 is 10.2 Å². The Morgan fingerprint density at radius 2 is 1.92 bits per heavy atom. The van der Waals surface area contributed by atoms with Crippen LogP contribution >= 0.6 is 11.3 Å². The Kier molecular flexibility index (Phi) is 5.31. The third-order valence-corrected chi connectivity index (χ3v) is 5.82. The number of ether oxygens (including phenoxy) is 1. The molecular weight excluding hydrogens is 353 g/mol. The van der Waals surface area contributed by atoms with Gasteiger partial charge in [0.1, 0.15) is 17.8 Å². The lowest BCUT2D eigenvalue weighted by Crippen LogP contribution is -2.37. The number of halogens is 1. The SMILES string of the molecule is Cc1csc(-c2nc(NC3CCC(F)CC3)cc(N3CCOCC3)n2)n1. The Morgan fingerprint density at radius 1 is 1.15 bits per heavy atom. The average molecular weight is 377 g/mol. The van der Waals surface area contributed by atoms with E-state index in [-0.39, 0.29) is 6.04 Å². The zero-order valence-corrected chi connectivity index (χ0v) is 15.8. The van der Waals surface area contributed by atoms with Crippen molar-refractivity contribution in [2.45, 2.75) is 44.8 Å². The fourth-order valence-electron chi connectivity index (χ4n) is 3.42. The van der Waals surface area contributed by atoms with Gasteiger partial charge in [0, 0.05) is 36.3 Å². The lowest BCUT2D eigenvalue weighted by molar-refractivity contribution is 0.122. The van der Waals surface area contributed by atoms with Crippen LogP contribution in [0.4, 0.5) is 16.0 Å². The van der Waals surface area contributed by atoms with E-state index >= 15 is 0 Å². The highest BCUT2D eigenvalue weighted by atomic mass is 32.1. The zero-order valence-electron chi connectivity index (χ0n) is 14.9. The van der Waals surface area contributed by atoms with E-state index in [1.807, 2.05) is 18.4 Å². The maximum absolute atomic E-state index is 13.4. The van der Waals surface area contributed by atoms with Crippen LogP contribution in [0.3, 0.4) is 0 Å². The predicted octanol–water partition coefficient (Wildman–Crippen LogP) is 3.44. The summed E-state index contributed by atoms with van der Waals surface area (Å²) in [4.78, 5) is 16.2. The van der Waals surface area contributed by atoms with Crippen LogP contribution in [0.2, 0.25) is 0 Å². The van der Waals surface area contributed by atoms with E-state index in [1.54, 1.807) is 11.3 Å². The molecule has 1 aliphatic heterocycles. The van der Waals surface area contributed by atoms with Gasteiger partial charge in [-0.3, -0.25) is 0 Å². The first-order valence-electron chi connectivity index (χ1n) is 9.22. The molecule has 0 unspecified atom stereocenters. The van der Waals surface area contributed by atoms with Gasteiger partial charge in [-0.25, -0.2) is 19.3 Å². The van der Waals surface area contributed by atoms with Crippen LogP contribution in [-0.4, -0.2) is 53.5 Å². The molecule has 0 atom stereocenters. The van der Waals surface area contributed by atoms with E-state index in [0.717, 1.165) is 48.3 Å². The summed E-state index contributed by atoms with van der Waals surface area (Å²) in [5.74, 6) is 2.34. The summed E-state index contributed by atoms with van der Waals surface area (Å²) >= 11 is 1.56. The molecule has 2 fully saturated rings. The van der Waals surface area contributed by atoms with Crippen molar-refractivity contribution in [2.24, 2.45) is 0 Å². The molecule has 2 aromatic rings. The van der Waals surface area contributed by atoms with E-state index in [0.29, 0.717) is 31.9 Å². The molecule has 0 amide bonds. The topological polar surface area (TPSA) is 63.2 Å². The van der Waals surface area contributed by atoms with Crippen LogP contribution in [0.1, 0.15) is 31.4 Å². The fourth-order valence-corrected chi connectivity index (χ4v) is 4.15. The largest absolute Gasteiger partial charge is 0.378 e. The van der Waals surface area contributed by atoms with Gasteiger partial charge in [0.25, 0.3) is 0 Å². The van der Waals surface area contributed by atoms with Gasteiger partial charge in [-0.15, -0.1) is 11.3 Å². The minimum atomic E-state index is -0.656. The van der Waals surface area contributed by atoms with Crippen molar-refractivity contribution in [3.05, 3.63) is 17.1 Å². The van der Waals surface area contributed by atoms with Gasteiger partial charge in [-0.05, 0) is 32.6 Å². The van der Waals surface area contributed by atoms with E-state index in [2.05, 4.69) is 15.2 Å². The number of nitrogens with one attached hydrogen (secondary N) is 1. The minimum Gasteiger partial charge on any atom is -0.378 e. The molecule has 6 nitrogen and oxygen atoms in total. The number of anilines is 2. The molecule has 1 aliphatic carbocycles. The minimum absolute atomic E-state index is 0.264. The molecule has 0 aromatic carbocycles. The Balaban J connectivity index is 1.61. The summed E-state index contributed by atoms with van der Waals surface area (Å²) in [6.07, 6.45) is 2.26. The molecule has 4 rings (SSSR count). The van der Waals surface area contributed by atoms with E-state index < -0.39 is 6.17 Å². The summed E-state index contributed by atoms with van der Waals surface area (Å²) in [5.41, 5.74) is 0.973. The molecule has 1 saturated carbocycles. The number of hydrogen-bond acceptors (Lipinski definition) is 7. The van der Waals surface area contributed by atoms with E-state index in [4.69, 9.17) is 14.7 Å². The smallest absolute Gasteiger partial charge is 0.192 e. The third-order valence-electron chi connectivity index (χ3n) is 4.87. The number of morpholine rings is 1. The maximum atomic E-state index is 13.4. The first-order valence-corrected chi connectivity index (χ1v) is 10.1. The lowest BCUT2D eigenvalue weighted by atomic mass is 9.94. The number of alkyl halides is 1. The van der Waals surface area contributed by atoms with Crippen LogP contribution in [0.5, 0.6) is 0 Å². The van der Waals surface area contributed by atoms with Gasteiger partial charge in [-0.2, -0.15) is 0 Å². The van der Waals surface area contributed by atoms with Gasteiger partial charge in [-0.1, -0.05) is 0 Å². The maximum Gasteiger partial charge on any atom is 0.192 e. The van der Waals surface area contributed by atoms with Gasteiger partial charge in [0.15, 0.2) is 10.8 Å². The molecule has 8 heteroatoms. The second kappa shape index (κ2) is 7.84. The molecular formula is C18H24FN5OS. The Morgan fingerprint density at radius 3 is 2.62 bits per heavy atom. The van der Waals surface area contributed by atoms with Crippen molar-refractivity contribution >= 4 is 23.0 Å². The molecule has 2 aromatic heterocycles. The zero-order chi connectivity index (χ0) is 17.9. The molecule has 140 valence electrons. The Bertz CT molecular complexity index is 741. The van der Waals surface area contributed by atoms with Crippen molar-refractivity contribution in [3.8, 4) is 10.8 Å².